The van der Waals surface area contributed by atoms with Crippen molar-refractivity contribution in [3.8, 4) is 0 Å². The molecule has 1 aromatic rings. The Labute approximate surface area is 82.7 Å². The normalized spacial score (nSPS) is 10.5. The zero-order chi connectivity index (χ0) is 9.73. The van der Waals surface area contributed by atoms with Crippen LogP contribution in [0.25, 0.3) is 0 Å². The van der Waals surface area contributed by atoms with Crippen molar-refractivity contribution in [2.75, 3.05) is 0 Å². The Morgan fingerprint density at radius 1 is 0.846 bits per heavy atom. The van der Waals surface area contributed by atoms with Crippen LogP contribution in [0.2, 0.25) is 0 Å². The van der Waals surface area contributed by atoms with Crippen molar-refractivity contribution < 1.29 is 0 Å². The third-order valence-corrected chi connectivity index (χ3v) is 9.34. The number of hydrogen-bond acceptors (Lipinski definition) is 0. The molecule has 0 heterocycles. The van der Waals surface area contributed by atoms with Gasteiger partial charge in [-0.2, -0.15) is 0 Å². The number of benzene rings is 1. The summed E-state index contributed by atoms with van der Waals surface area (Å²) in [7, 11) is 0. The molecule has 0 bridgehead atoms. The molecular weight excluding hydrogens is 217 g/mol. The fourth-order valence-corrected chi connectivity index (χ4v) is 5.48. The quantitative estimate of drug-likeness (QED) is 0.698. The molecule has 0 aromatic heterocycles. The molecule has 0 fully saturated rings. The van der Waals surface area contributed by atoms with Gasteiger partial charge in [-0.1, -0.05) is 0 Å². The van der Waals surface area contributed by atoms with Crippen molar-refractivity contribution in [1.29, 1.82) is 0 Å². The average molecular weight is 231 g/mol. The van der Waals surface area contributed by atoms with Gasteiger partial charge in [-0.05, 0) is 0 Å². The van der Waals surface area contributed by atoms with Crippen molar-refractivity contribution in [2.45, 2.75) is 0 Å². The van der Waals surface area contributed by atoms with Gasteiger partial charge < -0.3 is 0 Å². The molecule has 0 aliphatic rings. The van der Waals surface area contributed by atoms with E-state index in [-0.39, 0.29) is 0 Å². The maximum atomic E-state index is 3.89. The number of rotatable bonds is 4. The SMILES string of the molecule is C=[CH][Ge]([CH]=C)([CH]=C)[c]1ccccc1. The molecule has 13 heavy (non-hydrogen) atoms. The Morgan fingerprint density at radius 2 is 1.31 bits per heavy atom. The Balaban J connectivity index is 3.23. The molecular formula is C12H14Ge. The van der Waals surface area contributed by atoms with Crippen LogP contribution in [0.4, 0.5) is 0 Å². The second-order valence-electron chi connectivity index (χ2n) is 2.91. The van der Waals surface area contributed by atoms with Crippen molar-refractivity contribution in [3.05, 3.63) is 64.8 Å². The summed E-state index contributed by atoms with van der Waals surface area (Å²) in [5.74, 6) is 0. The van der Waals surface area contributed by atoms with Gasteiger partial charge in [-0.15, -0.1) is 0 Å². The van der Waals surface area contributed by atoms with Crippen molar-refractivity contribution in [2.24, 2.45) is 0 Å². The van der Waals surface area contributed by atoms with Gasteiger partial charge in [0.2, 0.25) is 0 Å². The van der Waals surface area contributed by atoms with Gasteiger partial charge in [-0.25, -0.2) is 0 Å². The van der Waals surface area contributed by atoms with Crippen LogP contribution in [-0.2, 0) is 0 Å². The van der Waals surface area contributed by atoms with Gasteiger partial charge in [0.15, 0.2) is 0 Å². The first-order valence-electron chi connectivity index (χ1n) is 4.25. The second kappa shape index (κ2) is 4.28. The Hall–Kier alpha value is -1.02. The summed E-state index contributed by atoms with van der Waals surface area (Å²) in [6.07, 6.45) is 0. The fourth-order valence-electron chi connectivity index (χ4n) is 1.33. The molecule has 1 aromatic carbocycles. The summed E-state index contributed by atoms with van der Waals surface area (Å²) in [6.45, 7) is 11.7. The van der Waals surface area contributed by atoms with Crippen LogP contribution in [0.15, 0.2) is 64.8 Å². The fraction of sp³-hybridized carbons (Fsp3) is 0. The standard InChI is InChI=1S/C12H14Ge/c1-4-13(5-2,6-3)12-10-8-7-9-11-12/h4-11H,1-3H2. The van der Waals surface area contributed by atoms with Crippen molar-refractivity contribution in [1.82, 2.24) is 0 Å². The topological polar surface area (TPSA) is 0 Å². The molecule has 0 aliphatic heterocycles. The summed E-state index contributed by atoms with van der Waals surface area (Å²) in [5, 5.41) is 0. The van der Waals surface area contributed by atoms with Crippen LogP contribution in [0, 0.1) is 0 Å². The Morgan fingerprint density at radius 3 is 1.69 bits per heavy atom. The van der Waals surface area contributed by atoms with E-state index in [1.54, 1.807) is 0 Å². The van der Waals surface area contributed by atoms with Gasteiger partial charge in [0.25, 0.3) is 0 Å². The molecule has 0 unspecified atom stereocenters. The van der Waals surface area contributed by atoms with E-state index in [4.69, 9.17) is 0 Å². The van der Waals surface area contributed by atoms with Crippen LogP contribution in [0.3, 0.4) is 0 Å². The second-order valence-corrected chi connectivity index (χ2v) is 10.6. The average Bonchev–Trinajstić information content (AvgIpc) is 2.23. The summed E-state index contributed by atoms with van der Waals surface area (Å²) in [4.78, 5) is 6.11. The maximum absolute atomic E-state index is 3.89. The molecule has 0 radical (unpaired) electrons. The zero-order valence-corrected chi connectivity index (χ0v) is 9.84. The first-order chi connectivity index (χ1) is 6.29. The van der Waals surface area contributed by atoms with Crippen LogP contribution in [0.5, 0.6) is 0 Å². The molecule has 0 amide bonds. The van der Waals surface area contributed by atoms with Gasteiger partial charge in [0.05, 0.1) is 0 Å². The van der Waals surface area contributed by atoms with E-state index < -0.39 is 13.3 Å². The number of hydrogen-bond donors (Lipinski definition) is 0. The van der Waals surface area contributed by atoms with E-state index in [1.165, 1.54) is 4.40 Å². The van der Waals surface area contributed by atoms with E-state index >= 15 is 0 Å². The van der Waals surface area contributed by atoms with Gasteiger partial charge in [0.1, 0.15) is 0 Å². The first-order valence-corrected chi connectivity index (χ1v) is 8.93. The van der Waals surface area contributed by atoms with E-state index in [0.29, 0.717) is 0 Å². The van der Waals surface area contributed by atoms with E-state index in [0.717, 1.165) is 0 Å². The van der Waals surface area contributed by atoms with Crippen LogP contribution in [-0.4, -0.2) is 13.3 Å². The molecule has 0 saturated heterocycles. The monoisotopic (exact) mass is 232 g/mol. The molecule has 1 rings (SSSR count). The summed E-state index contributed by atoms with van der Waals surface area (Å²) >= 11 is -2.33. The predicted octanol–water partition coefficient (Wildman–Crippen LogP) is 2.52. The van der Waals surface area contributed by atoms with E-state index in [9.17, 15) is 0 Å². The van der Waals surface area contributed by atoms with Crippen LogP contribution >= 0.6 is 0 Å². The Bertz CT molecular complexity index is 289. The van der Waals surface area contributed by atoms with Crippen molar-refractivity contribution >= 4 is 17.7 Å². The molecule has 0 atom stereocenters. The molecule has 0 aliphatic carbocycles. The minimum absolute atomic E-state index is 1.34. The molecule has 0 spiro atoms. The first kappa shape index (κ1) is 10.1. The minimum atomic E-state index is -2.33. The molecule has 1 heteroatoms. The summed E-state index contributed by atoms with van der Waals surface area (Å²) < 4.78 is 1.34. The zero-order valence-electron chi connectivity index (χ0n) is 7.74. The molecule has 0 nitrogen and oxygen atoms in total. The van der Waals surface area contributed by atoms with Crippen molar-refractivity contribution in [3.63, 3.8) is 0 Å². The third-order valence-electron chi connectivity index (χ3n) is 2.29. The summed E-state index contributed by atoms with van der Waals surface area (Å²) in [5.41, 5.74) is 0. The van der Waals surface area contributed by atoms with E-state index in [2.05, 4.69) is 31.9 Å². The van der Waals surface area contributed by atoms with Gasteiger partial charge in [-0.3, -0.25) is 0 Å². The molecule has 66 valence electrons. The Kier molecular flexibility index (Phi) is 3.32. The third kappa shape index (κ3) is 1.83. The predicted molar refractivity (Wildman–Crippen MR) is 62.4 cm³/mol. The molecule has 0 saturated carbocycles. The summed E-state index contributed by atoms with van der Waals surface area (Å²) in [6, 6.07) is 10.4. The van der Waals surface area contributed by atoms with Crippen LogP contribution < -0.4 is 4.40 Å². The van der Waals surface area contributed by atoms with Gasteiger partial charge >= 0.3 is 82.5 Å². The van der Waals surface area contributed by atoms with Crippen LogP contribution in [0.1, 0.15) is 0 Å². The van der Waals surface area contributed by atoms with E-state index in [1.807, 2.05) is 32.9 Å². The molecule has 0 N–H and O–H groups in total. The van der Waals surface area contributed by atoms with Gasteiger partial charge in [0, 0.05) is 0 Å².